The van der Waals surface area contributed by atoms with E-state index in [1.54, 1.807) is 20.8 Å². The van der Waals surface area contributed by atoms with Crippen LogP contribution in [0.4, 0.5) is 4.79 Å². The molecule has 1 heterocycles. The standard InChI is InChI=1S/C13H24N2O5/c1-13(2,3)20-12(17)14-10(9-6-7-19-8-9)11(16)15(4)18-5/h9-10H,6-8H2,1-5H3,(H,14,17). The molecule has 2 unspecified atom stereocenters. The summed E-state index contributed by atoms with van der Waals surface area (Å²) in [6.45, 7) is 6.32. The third kappa shape index (κ3) is 4.97. The van der Waals surface area contributed by atoms with Gasteiger partial charge in [-0.15, -0.1) is 0 Å². The molecule has 0 saturated carbocycles. The molecular formula is C13H24N2O5. The topological polar surface area (TPSA) is 77.1 Å². The van der Waals surface area contributed by atoms with Crippen LogP contribution in [0, 0.1) is 5.92 Å². The minimum Gasteiger partial charge on any atom is -0.444 e. The molecule has 2 atom stereocenters. The summed E-state index contributed by atoms with van der Waals surface area (Å²) in [6, 6.07) is -0.711. The summed E-state index contributed by atoms with van der Waals surface area (Å²) in [6.07, 6.45) is 0.0938. The molecule has 1 aliphatic rings. The van der Waals surface area contributed by atoms with Crippen molar-refractivity contribution in [1.82, 2.24) is 10.4 Å². The number of nitrogens with zero attached hydrogens (tertiary/aromatic N) is 1. The van der Waals surface area contributed by atoms with Gasteiger partial charge in [-0.25, -0.2) is 9.86 Å². The second-order valence-electron chi connectivity index (χ2n) is 5.77. The van der Waals surface area contributed by atoms with Gasteiger partial charge in [-0.2, -0.15) is 0 Å². The lowest BCUT2D eigenvalue weighted by molar-refractivity contribution is -0.172. The normalized spacial score (nSPS) is 20.4. The van der Waals surface area contributed by atoms with Crippen LogP contribution in [0.3, 0.4) is 0 Å². The highest BCUT2D eigenvalue weighted by Gasteiger charge is 2.35. The van der Waals surface area contributed by atoms with Crippen LogP contribution in [0.5, 0.6) is 0 Å². The van der Waals surface area contributed by atoms with Crippen molar-refractivity contribution in [3.63, 3.8) is 0 Å². The van der Waals surface area contributed by atoms with Crippen LogP contribution in [-0.4, -0.2) is 56.1 Å². The number of nitrogens with one attached hydrogen (secondary N) is 1. The molecule has 1 aliphatic heterocycles. The molecule has 1 fully saturated rings. The molecule has 116 valence electrons. The third-order valence-corrected chi connectivity index (χ3v) is 2.96. The SMILES string of the molecule is CON(C)C(=O)C(NC(=O)OC(C)(C)C)C1CCOC1. The molecule has 0 bridgehead atoms. The van der Waals surface area contributed by atoms with Crippen molar-refractivity contribution in [2.45, 2.75) is 38.8 Å². The molecule has 0 aromatic rings. The van der Waals surface area contributed by atoms with E-state index in [0.717, 1.165) is 5.06 Å². The minimum absolute atomic E-state index is 0.0763. The van der Waals surface area contributed by atoms with Crippen LogP contribution >= 0.6 is 0 Å². The first-order valence-electron chi connectivity index (χ1n) is 6.63. The van der Waals surface area contributed by atoms with Gasteiger partial charge in [0.05, 0.1) is 13.7 Å². The van der Waals surface area contributed by atoms with Crippen LogP contribution < -0.4 is 5.32 Å². The van der Waals surface area contributed by atoms with Crippen molar-refractivity contribution < 1.29 is 23.9 Å². The summed E-state index contributed by atoms with van der Waals surface area (Å²) in [4.78, 5) is 29.0. The van der Waals surface area contributed by atoms with Gasteiger partial charge in [-0.05, 0) is 27.2 Å². The number of rotatable bonds is 4. The van der Waals surface area contributed by atoms with Crippen LogP contribution in [0.2, 0.25) is 0 Å². The lowest BCUT2D eigenvalue weighted by atomic mass is 9.98. The maximum absolute atomic E-state index is 12.2. The van der Waals surface area contributed by atoms with Gasteiger partial charge in [0, 0.05) is 19.6 Å². The lowest BCUT2D eigenvalue weighted by Gasteiger charge is -2.28. The van der Waals surface area contributed by atoms with Gasteiger partial charge >= 0.3 is 6.09 Å². The lowest BCUT2D eigenvalue weighted by Crippen LogP contribution is -2.52. The monoisotopic (exact) mass is 288 g/mol. The van der Waals surface area contributed by atoms with Crippen molar-refractivity contribution in [3.8, 4) is 0 Å². The predicted octanol–water partition coefficient (Wildman–Crippen LogP) is 0.936. The molecule has 0 spiro atoms. The van der Waals surface area contributed by atoms with E-state index in [1.807, 2.05) is 0 Å². The molecule has 20 heavy (non-hydrogen) atoms. The number of carbonyl (C=O) groups excluding carboxylic acids is 2. The average molecular weight is 288 g/mol. The van der Waals surface area contributed by atoms with E-state index >= 15 is 0 Å². The number of hydrogen-bond donors (Lipinski definition) is 1. The number of amides is 2. The summed E-state index contributed by atoms with van der Waals surface area (Å²) in [5.74, 6) is -0.401. The fraction of sp³-hybridized carbons (Fsp3) is 0.846. The van der Waals surface area contributed by atoms with Gasteiger partial charge in [-0.3, -0.25) is 9.63 Å². The smallest absolute Gasteiger partial charge is 0.408 e. The van der Waals surface area contributed by atoms with Crippen molar-refractivity contribution in [1.29, 1.82) is 0 Å². The van der Waals surface area contributed by atoms with Gasteiger partial charge in [0.15, 0.2) is 0 Å². The molecule has 1 N–H and O–H groups in total. The Labute approximate surface area is 119 Å². The number of likely N-dealkylation sites (N-methyl/N-ethyl adjacent to an activating group) is 1. The number of hydrogen-bond acceptors (Lipinski definition) is 5. The van der Waals surface area contributed by atoms with Gasteiger partial charge < -0.3 is 14.8 Å². The van der Waals surface area contributed by atoms with Gasteiger partial charge in [-0.1, -0.05) is 0 Å². The summed E-state index contributed by atoms with van der Waals surface area (Å²) < 4.78 is 10.5. The first-order valence-corrected chi connectivity index (χ1v) is 6.63. The van der Waals surface area contributed by atoms with Gasteiger partial charge in [0.1, 0.15) is 11.6 Å². The first kappa shape index (κ1) is 16.7. The second-order valence-corrected chi connectivity index (χ2v) is 5.77. The summed E-state index contributed by atoms with van der Waals surface area (Å²) in [7, 11) is 2.90. The summed E-state index contributed by atoms with van der Waals surface area (Å²) in [5.41, 5.74) is -0.614. The molecule has 7 heteroatoms. The van der Waals surface area contributed by atoms with E-state index < -0.39 is 17.7 Å². The Kier molecular flexibility index (Phi) is 5.76. The Morgan fingerprint density at radius 2 is 2.05 bits per heavy atom. The molecule has 0 aliphatic carbocycles. The molecule has 0 aromatic heterocycles. The number of carbonyl (C=O) groups is 2. The van der Waals surface area contributed by atoms with E-state index in [4.69, 9.17) is 14.3 Å². The third-order valence-electron chi connectivity index (χ3n) is 2.96. The van der Waals surface area contributed by atoms with E-state index in [1.165, 1.54) is 14.2 Å². The largest absolute Gasteiger partial charge is 0.444 e. The molecule has 2 amide bonds. The molecule has 0 aromatic carbocycles. The zero-order chi connectivity index (χ0) is 15.3. The fourth-order valence-electron chi connectivity index (χ4n) is 1.92. The highest BCUT2D eigenvalue weighted by atomic mass is 16.7. The maximum atomic E-state index is 12.2. The number of ether oxygens (including phenoxy) is 2. The zero-order valence-electron chi connectivity index (χ0n) is 12.8. The number of hydroxylamine groups is 2. The van der Waals surface area contributed by atoms with E-state index in [2.05, 4.69) is 5.32 Å². The van der Waals surface area contributed by atoms with Gasteiger partial charge in [0.25, 0.3) is 5.91 Å². The Hall–Kier alpha value is -1.34. The Morgan fingerprint density at radius 1 is 1.40 bits per heavy atom. The fourth-order valence-corrected chi connectivity index (χ4v) is 1.92. The van der Waals surface area contributed by atoms with E-state index in [-0.39, 0.29) is 11.8 Å². The Bertz CT molecular complexity index is 347. The van der Waals surface area contributed by atoms with Gasteiger partial charge in [0.2, 0.25) is 0 Å². The minimum atomic E-state index is -0.711. The zero-order valence-corrected chi connectivity index (χ0v) is 12.8. The number of alkyl carbamates (subject to hydrolysis) is 1. The van der Waals surface area contributed by atoms with Crippen LogP contribution in [0.1, 0.15) is 27.2 Å². The van der Waals surface area contributed by atoms with Crippen LogP contribution in [-0.2, 0) is 19.1 Å². The van der Waals surface area contributed by atoms with Crippen molar-refractivity contribution >= 4 is 12.0 Å². The summed E-state index contributed by atoms with van der Waals surface area (Å²) in [5, 5.41) is 3.72. The Balaban J connectivity index is 2.72. The first-order chi connectivity index (χ1) is 9.24. The molecule has 7 nitrogen and oxygen atoms in total. The van der Waals surface area contributed by atoms with E-state index in [0.29, 0.717) is 19.6 Å². The van der Waals surface area contributed by atoms with Crippen molar-refractivity contribution in [2.24, 2.45) is 5.92 Å². The van der Waals surface area contributed by atoms with Crippen molar-refractivity contribution in [2.75, 3.05) is 27.4 Å². The Morgan fingerprint density at radius 3 is 2.50 bits per heavy atom. The molecule has 1 rings (SSSR count). The second kappa shape index (κ2) is 6.90. The maximum Gasteiger partial charge on any atom is 0.408 e. The van der Waals surface area contributed by atoms with Crippen LogP contribution in [0.25, 0.3) is 0 Å². The molecular weight excluding hydrogens is 264 g/mol. The quantitative estimate of drug-likeness (QED) is 0.779. The average Bonchev–Trinajstić information content (AvgIpc) is 2.85. The van der Waals surface area contributed by atoms with Crippen molar-refractivity contribution in [3.05, 3.63) is 0 Å². The predicted molar refractivity (Wildman–Crippen MR) is 71.9 cm³/mol. The van der Waals surface area contributed by atoms with E-state index in [9.17, 15) is 9.59 Å². The molecule has 0 radical (unpaired) electrons. The van der Waals surface area contributed by atoms with Crippen LogP contribution in [0.15, 0.2) is 0 Å². The molecule has 1 saturated heterocycles. The highest BCUT2D eigenvalue weighted by Crippen LogP contribution is 2.19. The highest BCUT2D eigenvalue weighted by molar-refractivity contribution is 5.85. The summed E-state index contributed by atoms with van der Waals surface area (Å²) >= 11 is 0.